The molecule has 0 aliphatic carbocycles. The van der Waals surface area contributed by atoms with Gasteiger partial charge in [-0.25, -0.2) is 26.4 Å². The molecule has 4 rings (SSSR count). The van der Waals surface area contributed by atoms with E-state index in [1.54, 1.807) is 18.2 Å². The van der Waals surface area contributed by atoms with E-state index in [2.05, 4.69) is 14.7 Å². The Kier molecular flexibility index (Phi) is 6.82. The van der Waals surface area contributed by atoms with Crippen molar-refractivity contribution in [2.24, 2.45) is 0 Å². The molecule has 182 valence electrons. The van der Waals surface area contributed by atoms with E-state index in [1.165, 1.54) is 24.5 Å². The van der Waals surface area contributed by atoms with Crippen LogP contribution in [-0.2, 0) is 20.8 Å². The summed E-state index contributed by atoms with van der Waals surface area (Å²) in [6, 6.07) is 9.87. The molecule has 2 aromatic heterocycles. The van der Waals surface area contributed by atoms with Crippen LogP contribution in [0.5, 0.6) is 0 Å². The first-order chi connectivity index (χ1) is 16.6. The van der Waals surface area contributed by atoms with Crippen molar-refractivity contribution in [2.75, 3.05) is 16.7 Å². The number of carbonyl (C=O) groups excluding carboxylic acids is 1. The minimum atomic E-state index is -3.44. The summed E-state index contributed by atoms with van der Waals surface area (Å²) in [5.41, 5.74) is 0.340. The van der Waals surface area contributed by atoms with E-state index in [-0.39, 0.29) is 21.9 Å². The fourth-order valence-electron chi connectivity index (χ4n) is 3.59. The van der Waals surface area contributed by atoms with Crippen molar-refractivity contribution in [3.8, 4) is 11.1 Å². The maximum Gasteiger partial charge on any atom is 0.201 e. The summed E-state index contributed by atoms with van der Waals surface area (Å²) in [4.78, 5) is 20.5. The maximum atomic E-state index is 15.1. The third kappa shape index (κ3) is 5.01. The van der Waals surface area contributed by atoms with Gasteiger partial charge < -0.3 is 9.71 Å². The SMILES string of the molecule is CCCS(=O)Nc1ccc(F)c(C(=O)c2c[nH]c3ncc(-c4cccc(S(C)(=O)=O)c4)cc23)c1F. The molecular weight excluding hydrogens is 496 g/mol. The number of aromatic amines is 1. The van der Waals surface area contributed by atoms with Crippen molar-refractivity contribution in [1.82, 2.24) is 9.97 Å². The van der Waals surface area contributed by atoms with Gasteiger partial charge in [-0.2, -0.15) is 0 Å². The van der Waals surface area contributed by atoms with Crippen LogP contribution in [0, 0.1) is 11.6 Å². The number of anilines is 1. The maximum absolute atomic E-state index is 15.1. The first-order valence-electron chi connectivity index (χ1n) is 10.6. The van der Waals surface area contributed by atoms with Gasteiger partial charge in [0, 0.05) is 40.9 Å². The van der Waals surface area contributed by atoms with Crippen LogP contribution in [0.15, 0.2) is 59.8 Å². The minimum absolute atomic E-state index is 0.0155. The lowest BCUT2D eigenvalue weighted by Gasteiger charge is -2.10. The molecule has 0 spiro atoms. The van der Waals surface area contributed by atoms with Gasteiger partial charge in [0.2, 0.25) is 5.78 Å². The Labute approximate surface area is 203 Å². The number of H-pyrrole nitrogens is 1. The number of benzene rings is 2. The summed E-state index contributed by atoms with van der Waals surface area (Å²) in [5.74, 6) is -2.85. The number of carbonyl (C=O) groups is 1. The van der Waals surface area contributed by atoms with Crippen LogP contribution in [-0.4, -0.2) is 40.4 Å². The molecular formula is C24H21F2N3O4S2. The van der Waals surface area contributed by atoms with E-state index in [0.717, 1.165) is 18.4 Å². The first-order valence-corrected chi connectivity index (χ1v) is 13.8. The standard InChI is InChI=1S/C24H21F2N3O4S2/c1-3-9-34(31)29-20-8-7-19(25)21(22(20)26)23(30)18-13-28-24-17(18)11-15(12-27-24)14-5-4-6-16(10-14)35(2,32)33/h4-8,10-13,29H,3,9H2,1-2H3,(H,27,28). The lowest BCUT2D eigenvalue weighted by atomic mass is 10.00. The molecule has 35 heavy (non-hydrogen) atoms. The van der Waals surface area contributed by atoms with Crippen LogP contribution >= 0.6 is 0 Å². The molecule has 11 heteroatoms. The summed E-state index contributed by atoms with van der Waals surface area (Å²) < 4.78 is 68.1. The van der Waals surface area contributed by atoms with Crippen molar-refractivity contribution >= 4 is 43.3 Å². The highest BCUT2D eigenvalue weighted by molar-refractivity contribution is 7.90. The lowest BCUT2D eigenvalue weighted by Crippen LogP contribution is -2.13. The third-order valence-electron chi connectivity index (χ3n) is 5.30. The highest BCUT2D eigenvalue weighted by atomic mass is 32.2. The molecule has 0 saturated carbocycles. The highest BCUT2D eigenvalue weighted by Crippen LogP contribution is 2.30. The first kappa shape index (κ1) is 24.7. The van der Waals surface area contributed by atoms with Gasteiger partial charge in [-0.05, 0) is 42.3 Å². The Morgan fingerprint density at radius 2 is 1.91 bits per heavy atom. The monoisotopic (exact) mass is 517 g/mol. The van der Waals surface area contributed by atoms with Crippen LogP contribution in [0.25, 0.3) is 22.2 Å². The molecule has 0 saturated heterocycles. The van der Waals surface area contributed by atoms with Gasteiger partial charge in [-0.15, -0.1) is 0 Å². The normalized spacial score (nSPS) is 12.6. The average Bonchev–Trinajstić information content (AvgIpc) is 3.24. The number of ketones is 1. The lowest BCUT2D eigenvalue weighted by molar-refractivity contribution is 0.103. The van der Waals surface area contributed by atoms with Gasteiger partial charge in [0.15, 0.2) is 15.7 Å². The van der Waals surface area contributed by atoms with Crippen LogP contribution in [0.1, 0.15) is 29.3 Å². The van der Waals surface area contributed by atoms with Crippen molar-refractivity contribution in [3.05, 3.63) is 77.6 Å². The van der Waals surface area contributed by atoms with Gasteiger partial charge in [0.05, 0.1) is 16.1 Å². The largest absolute Gasteiger partial charge is 0.345 e. The van der Waals surface area contributed by atoms with E-state index < -0.39 is 43.8 Å². The molecule has 1 atom stereocenters. The van der Waals surface area contributed by atoms with Crippen LogP contribution < -0.4 is 4.72 Å². The van der Waals surface area contributed by atoms with Crippen LogP contribution in [0.3, 0.4) is 0 Å². The molecule has 2 N–H and O–H groups in total. The van der Waals surface area contributed by atoms with Gasteiger partial charge in [-0.3, -0.25) is 4.79 Å². The summed E-state index contributed by atoms with van der Waals surface area (Å²) in [6.45, 7) is 1.81. The number of nitrogens with zero attached hydrogens (tertiary/aromatic N) is 1. The predicted molar refractivity (Wildman–Crippen MR) is 131 cm³/mol. The summed E-state index contributed by atoms with van der Waals surface area (Å²) in [7, 11) is -5.02. The fraction of sp³-hybridized carbons (Fsp3) is 0.167. The average molecular weight is 518 g/mol. The van der Waals surface area contributed by atoms with Crippen molar-refractivity contribution in [3.63, 3.8) is 0 Å². The van der Waals surface area contributed by atoms with E-state index >= 15 is 4.39 Å². The van der Waals surface area contributed by atoms with Gasteiger partial charge in [0.25, 0.3) is 0 Å². The third-order valence-corrected chi connectivity index (χ3v) is 7.64. The smallest absolute Gasteiger partial charge is 0.201 e. The van der Waals surface area contributed by atoms with Crippen molar-refractivity contribution < 1.29 is 26.2 Å². The molecule has 1 unspecified atom stereocenters. The van der Waals surface area contributed by atoms with Gasteiger partial charge in [0.1, 0.15) is 22.5 Å². The molecule has 4 aromatic rings. The number of fused-ring (bicyclic) bond motifs is 1. The second-order valence-corrected chi connectivity index (χ2v) is 11.2. The van der Waals surface area contributed by atoms with E-state index in [9.17, 15) is 21.8 Å². The zero-order valence-electron chi connectivity index (χ0n) is 18.8. The molecule has 0 radical (unpaired) electrons. The quantitative estimate of drug-likeness (QED) is 0.331. The Balaban J connectivity index is 1.78. The summed E-state index contributed by atoms with van der Waals surface area (Å²) in [5, 5.41) is 0.309. The summed E-state index contributed by atoms with van der Waals surface area (Å²) >= 11 is 0. The van der Waals surface area contributed by atoms with Crippen molar-refractivity contribution in [2.45, 2.75) is 18.2 Å². The molecule has 0 amide bonds. The fourth-order valence-corrected chi connectivity index (χ4v) is 5.13. The number of pyridine rings is 1. The number of hydrogen-bond acceptors (Lipinski definition) is 5. The molecule has 0 aliphatic heterocycles. The summed E-state index contributed by atoms with van der Waals surface area (Å²) in [6.07, 6.45) is 4.50. The second kappa shape index (κ2) is 9.67. The molecule has 0 bridgehead atoms. The molecule has 0 fully saturated rings. The topological polar surface area (TPSA) is 109 Å². The Bertz CT molecular complexity index is 1580. The van der Waals surface area contributed by atoms with Crippen molar-refractivity contribution in [1.29, 1.82) is 0 Å². The number of nitrogens with one attached hydrogen (secondary N) is 2. The number of sulfone groups is 1. The molecule has 0 aliphatic rings. The van der Waals surface area contributed by atoms with Crippen LogP contribution in [0.2, 0.25) is 0 Å². The molecule has 7 nitrogen and oxygen atoms in total. The van der Waals surface area contributed by atoms with E-state index in [0.29, 0.717) is 28.6 Å². The number of hydrogen-bond donors (Lipinski definition) is 2. The van der Waals surface area contributed by atoms with E-state index in [4.69, 9.17) is 0 Å². The van der Waals surface area contributed by atoms with Crippen LogP contribution in [0.4, 0.5) is 14.5 Å². The molecule has 2 aromatic carbocycles. The van der Waals surface area contributed by atoms with Gasteiger partial charge in [-0.1, -0.05) is 19.1 Å². The minimum Gasteiger partial charge on any atom is -0.345 e. The Morgan fingerprint density at radius 3 is 2.63 bits per heavy atom. The molecule has 2 heterocycles. The van der Waals surface area contributed by atoms with E-state index in [1.807, 2.05) is 6.92 Å². The number of rotatable bonds is 8. The highest BCUT2D eigenvalue weighted by Gasteiger charge is 2.25. The Hall–Kier alpha value is -3.44. The number of aromatic nitrogens is 2. The zero-order valence-corrected chi connectivity index (χ0v) is 20.4. The second-order valence-electron chi connectivity index (χ2n) is 7.89. The zero-order chi connectivity index (χ0) is 25.3. The predicted octanol–water partition coefficient (Wildman–Crippen LogP) is 4.63. The Morgan fingerprint density at radius 1 is 1.14 bits per heavy atom. The number of halogens is 2. The van der Waals surface area contributed by atoms with Gasteiger partial charge >= 0.3 is 0 Å².